The summed E-state index contributed by atoms with van der Waals surface area (Å²) in [6.45, 7) is 0.571. The molecule has 1 N–H and O–H groups in total. The summed E-state index contributed by atoms with van der Waals surface area (Å²) in [5.74, 6) is -1.25. The number of nitrogens with zero attached hydrogens (tertiary/aromatic N) is 4. The third kappa shape index (κ3) is 3.67. The number of hydrogen-bond acceptors (Lipinski definition) is 4. The molecule has 1 amide bonds. The highest BCUT2D eigenvalue weighted by Gasteiger charge is 2.36. The fourth-order valence-corrected chi connectivity index (χ4v) is 3.32. The number of aromatic nitrogens is 3. The van der Waals surface area contributed by atoms with Gasteiger partial charge in [0, 0.05) is 24.7 Å². The summed E-state index contributed by atoms with van der Waals surface area (Å²) in [6.07, 6.45) is -4.50. The third-order valence-corrected chi connectivity index (χ3v) is 4.84. The first-order chi connectivity index (χ1) is 13.7. The Balaban J connectivity index is 1.81. The third-order valence-electron chi connectivity index (χ3n) is 4.84. The molecule has 152 valence electrons. The average molecular weight is 408 g/mol. The number of piperidine rings is 1. The van der Waals surface area contributed by atoms with Crippen LogP contribution in [0, 0.1) is 5.82 Å². The number of carbonyl (C=O) groups is 1. The highest BCUT2D eigenvalue weighted by Crippen LogP contribution is 2.33. The number of alkyl halides is 3. The molecule has 10 heteroatoms. The number of fused-ring (bicyclic) bond motifs is 1. The number of aliphatic hydroxyl groups excluding tert-OH is 1. The maximum absolute atomic E-state index is 14.1. The van der Waals surface area contributed by atoms with Crippen molar-refractivity contribution < 1.29 is 27.5 Å². The van der Waals surface area contributed by atoms with Gasteiger partial charge in [0.15, 0.2) is 17.0 Å². The maximum Gasteiger partial charge on any atom is 0.433 e. The van der Waals surface area contributed by atoms with Crippen LogP contribution in [0.4, 0.5) is 17.6 Å². The number of aliphatic hydroxyl groups is 1. The van der Waals surface area contributed by atoms with E-state index in [2.05, 4.69) is 10.1 Å². The lowest BCUT2D eigenvalue weighted by Crippen LogP contribution is -2.40. The van der Waals surface area contributed by atoms with Gasteiger partial charge in [0.25, 0.3) is 5.91 Å². The first kappa shape index (κ1) is 19.3. The molecule has 0 saturated carbocycles. The van der Waals surface area contributed by atoms with Gasteiger partial charge in [-0.05, 0) is 31.0 Å². The molecule has 1 aliphatic heterocycles. The minimum absolute atomic E-state index is 0.0837. The number of carbonyl (C=O) groups excluding carboxylic acids is 1. The van der Waals surface area contributed by atoms with Gasteiger partial charge in [-0.15, -0.1) is 0 Å². The predicted molar refractivity (Wildman–Crippen MR) is 94.5 cm³/mol. The second kappa shape index (κ2) is 7.11. The zero-order chi connectivity index (χ0) is 20.8. The number of rotatable bonds is 2. The Morgan fingerprint density at radius 3 is 2.48 bits per heavy atom. The minimum Gasteiger partial charge on any atom is -0.393 e. The van der Waals surface area contributed by atoms with Crippen LogP contribution in [0.3, 0.4) is 0 Å². The first-order valence-electron chi connectivity index (χ1n) is 8.94. The number of halogens is 4. The van der Waals surface area contributed by atoms with Crippen LogP contribution in [-0.4, -0.2) is 49.7 Å². The van der Waals surface area contributed by atoms with Crippen LogP contribution in [0.2, 0.25) is 0 Å². The molecule has 2 aromatic heterocycles. The zero-order valence-electron chi connectivity index (χ0n) is 15.0. The summed E-state index contributed by atoms with van der Waals surface area (Å²) in [6, 6.07) is 7.25. The van der Waals surface area contributed by atoms with E-state index in [1.165, 1.54) is 23.1 Å². The quantitative estimate of drug-likeness (QED) is 0.662. The van der Waals surface area contributed by atoms with E-state index in [-0.39, 0.29) is 35.7 Å². The minimum atomic E-state index is -4.79. The number of amides is 1. The highest BCUT2D eigenvalue weighted by molar-refractivity contribution is 5.93. The molecule has 0 aliphatic carbocycles. The van der Waals surface area contributed by atoms with E-state index < -0.39 is 29.7 Å². The van der Waals surface area contributed by atoms with Gasteiger partial charge in [0.2, 0.25) is 0 Å². The van der Waals surface area contributed by atoms with Crippen LogP contribution in [0.5, 0.6) is 0 Å². The van der Waals surface area contributed by atoms with Gasteiger partial charge < -0.3 is 10.0 Å². The topological polar surface area (TPSA) is 70.7 Å². The maximum atomic E-state index is 14.1. The molecule has 1 saturated heterocycles. The van der Waals surface area contributed by atoms with Crippen LogP contribution < -0.4 is 0 Å². The lowest BCUT2D eigenvalue weighted by atomic mass is 10.1. The molecular formula is C19H16F4N4O2. The van der Waals surface area contributed by atoms with E-state index in [1.807, 2.05) is 0 Å². The van der Waals surface area contributed by atoms with Crippen molar-refractivity contribution in [2.75, 3.05) is 13.1 Å². The van der Waals surface area contributed by atoms with E-state index in [0.717, 1.165) is 12.1 Å². The van der Waals surface area contributed by atoms with Crippen molar-refractivity contribution in [3.05, 3.63) is 53.6 Å². The Bertz CT molecular complexity index is 1070. The van der Waals surface area contributed by atoms with Gasteiger partial charge in [0.1, 0.15) is 5.82 Å². The molecule has 4 rings (SSSR count). The fraction of sp³-hybridized carbons (Fsp3) is 0.316. The van der Waals surface area contributed by atoms with Gasteiger partial charge in [-0.25, -0.2) is 13.9 Å². The molecule has 0 spiro atoms. The smallest absolute Gasteiger partial charge is 0.393 e. The summed E-state index contributed by atoms with van der Waals surface area (Å²) in [4.78, 5) is 18.2. The fourth-order valence-electron chi connectivity index (χ4n) is 3.32. The molecule has 29 heavy (non-hydrogen) atoms. The molecule has 0 unspecified atom stereocenters. The van der Waals surface area contributed by atoms with E-state index in [0.29, 0.717) is 23.4 Å². The van der Waals surface area contributed by atoms with Gasteiger partial charge in [-0.3, -0.25) is 4.79 Å². The van der Waals surface area contributed by atoms with Crippen molar-refractivity contribution in [3.8, 4) is 11.3 Å². The first-order valence-corrected chi connectivity index (χ1v) is 8.94. The number of likely N-dealkylation sites (tertiary alicyclic amines) is 1. The van der Waals surface area contributed by atoms with E-state index in [1.54, 1.807) is 0 Å². The zero-order valence-corrected chi connectivity index (χ0v) is 15.0. The van der Waals surface area contributed by atoms with Gasteiger partial charge in [-0.1, -0.05) is 12.1 Å². The molecule has 1 aromatic carbocycles. The lowest BCUT2D eigenvalue weighted by molar-refractivity contribution is -0.142. The molecule has 6 nitrogen and oxygen atoms in total. The Labute approximate surface area is 162 Å². The van der Waals surface area contributed by atoms with Crippen LogP contribution in [0.25, 0.3) is 16.9 Å². The van der Waals surface area contributed by atoms with Gasteiger partial charge >= 0.3 is 6.18 Å². The molecule has 3 aromatic rings. The second-order valence-electron chi connectivity index (χ2n) is 6.83. The Hall–Kier alpha value is -3.01. The van der Waals surface area contributed by atoms with Crippen LogP contribution in [0.15, 0.2) is 36.4 Å². The van der Waals surface area contributed by atoms with Crippen LogP contribution in [-0.2, 0) is 6.18 Å². The molecular weight excluding hydrogens is 392 g/mol. The van der Waals surface area contributed by atoms with Gasteiger partial charge in [-0.2, -0.15) is 18.3 Å². The van der Waals surface area contributed by atoms with Gasteiger partial charge in [0.05, 0.1) is 11.8 Å². The predicted octanol–water partition coefficient (Wildman–Crippen LogP) is 3.15. The second-order valence-corrected chi connectivity index (χ2v) is 6.83. The number of benzene rings is 1. The standard InChI is InChI=1S/C19H16F4N4O2/c20-13-4-2-1-3-12(13)14-9-16(19(21,22)23)27-17(24-14)10-15(25-27)18(29)26-7-5-11(28)6-8-26/h1-4,9-11,28H,5-8H2. The average Bonchev–Trinajstić information content (AvgIpc) is 3.11. The monoisotopic (exact) mass is 408 g/mol. The van der Waals surface area contributed by atoms with E-state index in [4.69, 9.17) is 0 Å². The molecule has 1 aliphatic rings. The SMILES string of the molecule is O=C(c1cc2nc(-c3ccccc3F)cc(C(F)(F)F)n2n1)N1CCC(O)CC1. The Morgan fingerprint density at radius 1 is 1.14 bits per heavy atom. The Morgan fingerprint density at radius 2 is 1.83 bits per heavy atom. The summed E-state index contributed by atoms with van der Waals surface area (Å²) < 4.78 is 55.5. The van der Waals surface area contributed by atoms with Crippen LogP contribution in [0.1, 0.15) is 29.0 Å². The molecule has 0 bridgehead atoms. The van der Waals surface area contributed by atoms with Crippen molar-refractivity contribution in [3.63, 3.8) is 0 Å². The van der Waals surface area contributed by atoms with Crippen molar-refractivity contribution in [2.45, 2.75) is 25.1 Å². The summed E-state index contributed by atoms with van der Waals surface area (Å²) in [5.41, 5.74) is -1.85. The largest absolute Gasteiger partial charge is 0.433 e. The Kier molecular flexibility index (Phi) is 4.73. The normalized spacial score (nSPS) is 15.8. The molecule has 3 heterocycles. The van der Waals surface area contributed by atoms with Crippen molar-refractivity contribution in [1.82, 2.24) is 19.5 Å². The lowest BCUT2D eigenvalue weighted by Gasteiger charge is -2.28. The summed E-state index contributed by atoms with van der Waals surface area (Å²) in [5, 5.41) is 13.4. The molecule has 0 atom stereocenters. The molecule has 1 fully saturated rings. The summed E-state index contributed by atoms with van der Waals surface area (Å²) >= 11 is 0. The highest BCUT2D eigenvalue weighted by atomic mass is 19.4. The summed E-state index contributed by atoms with van der Waals surface area (Å²) in [7, 11) is 0. The van der Waals surface area contributed by atoms with E-state index >= 15 is 0 Å². The van der Waals surface area contributed by atoms with Crippen LogP contribution >= 0.6 is 0 Å². The molecule has 0 radical (unpaired) electrons. The van der Waals surface area contributed by atoms with Crippen molar-refractivity contribution in [2.24, 2.45) is 0 Å². The van der Waals surface area contributed by atoms with Crippen molar-refractivity contribution in [1.29, 1.82) is 0 Å². The van der Waals surface area contributed by atoms with Crippen molar-refractivity contribution >= 4 is 11.6 Å². The number of hydrogen-bond donors (Lipinski definition) is 1. The van der Waals surface area contributed by atoms with E-state index in [9.17, 15) is 27.5 Å².